The molecule has 0 fully saturated rings. The second kappa shape index (κ2) is 9.78. The van der Waals surface area contributed by atoms with Crippen molar-refractivity contribution in [2.75, 3.05) is 19.0 Å². The van der Waals surface area contributed by atoms with Crippen LogP contribution < -0.4 is 14.8 Å². The topological polar surface area (TPSA) is 39.7 Å². The van der Waals surface area contributed by atoms with Crippen molar-refractivity contribution in [3.63, 3.8) is 0 Å². The van der Waals surface area contributed by atoms with E-state index in [0.29, 0.717) is 18.4 Å². The molecule has 0 unspecified atom stereocenters. The number of rotatable bonds is 7. The van der Waals surface area contributed by atoms with E-state index in [-0.39, 0.29) is 0 Å². The van der Waals surface area contributed by atoms with Crippen molar-refractivity contribution in [1.82, 2.24) is 0 Å². The molecule has 2 aromatic carbocycles. The van der Waals surface area contributed by atoms with Gasteiger partial charge < -0.3 is 19.5 Å². The molecule has 0 radical (unpaired) electrons. The number of halogens is 1. The van der Waals surface area contributed by atoms with Crippen molar-refractivity contribution in [3.8, 4) is 11.5 Å². The smallest absolute Gasteiger partial charge is 0.260 e. The molecular formula is C20H24BrNO3S. The SMILES string of the molecule is CCOc1cccc(NC(=S)OC)c1COc1cc(C)c(CC)cc1Br. The van der Waals surface area contributed by atoms with Gasteiger partial charge >= 0.3 is 0 Å². The van der Waals surface area contributed by atoms with Gasteiger partial charge in [-0.15, -0.1) is 0 Å². The van der Waals surface area contributed by atoms with E-state index in [1.54, 1.807) is 0 Å². The lowest BCUT2D eigenvalue weighted by atomic mass is 10.1. The molecule has 0 saturated carbocycles. The maximum absolute atomic E-state index is 6.10. The molecule has 2 aromatic rings. The van der Waals surface area contributed by atoms with Crippen LogP contribution in [-0.4, -0.2) is 18.9 Å². The third-order valence-electron chi connectivity index (χ3n) is 4.00. The lowest BCUT2D eigenvalue weighted by molar-refractivity contribution is 0.285. The highest BCUT2D eigenvalue weighted by molar-refractivity contribution is 9.10. The average molecular weight is 438 g/mol. The standard InChI is InChI=1S/C20H24BrNO3S/c1-5-14-11-16(21)19(10-13(14)3)25-12-15-17(22-20(26)23-4)8-7-9-18(15)24-6-2/h7-11H,5-6,12H2,1-4H3,(H,22,26). The first-order valence-corrected chi connectivity index (χ1v) is 9.71. The Hall–Kier alpha value is -1.79. The van der Waals surface area contributed by atoms with Crippen molar-refractivity contribution in [2.24, 2.45) is 0 Å². The molecule has 0 aliphatic heterocycles. The number of hydrogen-bond acceptors (Lipinski definition) is 4. The minimum absolute atomic E-state index is 0.296. The molecule has 1 N–H and O–H groups in total. The molecule has 4 nitrogen and oxygen atoms in total. The van der Waals surface area contributed by atoms with Gasteiger partial charge in [-0.3, -0.25) is 0 Å². The highest BCUT2D eigenvalue weighted by Crippen LogP contribution is 2.32. The maximum atomic E-state index is 6.10. The monoisotopic (exact) mass is 437 g/mol. The number of aryl methyl sites for hydroxylation is 2. The van der Waals surface area contributed by atoms with Crippen LogP contribution in [0.4, 0.5) is 5.69 Å². The minimum atomic E-state index is 0.296. The van der Waals surface area contributed by atoms with Crippen LogP contribution in [-0.2, 0) is 17.8 Å². The first-order valence-electron chi connectivity index (χ1n) is 8.51. The highest BCUT2D eigenvalue weighted by Gasteiger charge is 2.13. The Labute approximate surface area is 169 Å². The van der Waals surface area contributed by atoms with Crippen LogP contribution in [0.15, 0.2) is 34.8 Å². The van der Waals surface area contributed by atoms with Crippen LogP contribution in [0.3, 0.4) is 0 Å². The van der Waals surface area contributed by atoms with Gasteiger partial charge in [-0.05, 0) is 83.8 Å². The van der Waals surface area contributed by atoms with E-state index in [9.17, 15) is 0 Å². The summed E-state index contributed by atoms with van der Waals surface area (Å²) >= 11 is 8.73. The fraction of sp³-hybridized carbons (Fsp3) is 0.350. The summed E-state index contributed by atoms with van der Waals surface area (Å²) in [6, 6.07) is 9.92. The summed E-state index contributed by atoms with van der Waals surface area (Å²) in [6.45, 7) is 7.10. The summed E-state index contributed by atoms with van der Waals surface area (Å²) in [5, 5.41) is 3.37. The molecule has 0 heterocycles. The predicted octanol–water partition coefficient (Wildman–Crippen LogP) is 5.64. The van der Waals surface area contributed by atoms with Gasteiger partial charge in [-0.2, -0.15) is 0 Å². The summed E-state index contributed by atoms with van der Waals surface area (Å²) in [7, 11) is 1.53. The van der Waals surface area contributed by atoms with Gasteiger partial charge in [0.15, 0.2) is 0 Å². The Morgan fingerprint density at radius 3 is 2.58 bits per heavy atom. The first kappa shape index (κ1) is 20.5. The van der Waals surface area contributed by atoms with Gasteiger partial charge in [0.2, 0.25) is 0 Å². The number of nitrogens with one attached hydrogen (secondary N) is 1. The van der Waals surface area contributed by atoms with E-state index in [2.05, 4.69) is 47.2 Å². The van der Waals surface area contributed by atoms with E-state index in [0.717, 1.165) is 33.6 Å². The number of anilines is 1. The summed E-state index contributed by atoms with van der Waals surface area (Å²) < 4.78 is 17.9. The van der Waals surface area contributed by atoms with Crippen molar-refractivity contribution in [2.45, 2.75) is 33.8 Å². The van der Waals surface area contributed by atoms with Gasteiger partial charge in [0.1, 0.15) is 18.1 Å². The first-order chi connectivity index (χ1) is 12.5. The van der Waals surface area contributed by atoms with Crippen molar-refractivity contribution >= 4 is 39.0 Å². The molecule has 0 amide bonds. The van der Waals surface area contributed by atoms with E-state index in [4.69, 9.17) is 26.4 Å². The van der Waals surface area contributed by atoms with Crippen molar-refractivity contribution in [3.05, 3.63) is 51.5 Å². The largest absolute Gasteiger partial charge is 0.493 e. The Kier molecular flexibility index (Phi) is 7.72. The predicted molar refractivity (Wildman–Crippen MR) is 113 cm³/mol. The molecule has 0 bridgehead atoms. The lowest BCUT2D eigenvalue weighted by Crippen LogP contribution is -2.14. The average Bonchev–Trinajstić information content (AvgIpc) is 2.63. The van der Waals surface area contributed by atoms with E-state index in [1.807, 2.05) is 25.1 Å². The molecular weight excluding hydrogens is 414 g/mol. The zero-order valence-corrected chi connectivity index (χ0v) is 17.9. The quantitative estimate of drug-likeness (QED) is 0.567. The van der Waals surface area contributed by atoms with Crippen LogP contribution in [0.25, 0.3) is 0 Å². The summed E-state index contributed by atoms with van der Waals surface area (Å²) in [5.74, 6) is 1.56. The van der Waals surface area contributed by atoms with Gasteiger partial charge in [-0.25, -0.2) is 0 Å². The molecule has 0 saturated heterocycles. The molecule has 2 rings (SSSR count). The second-order valence-corrected chi connectivity index (χ2v) is 6.91. The van der Waals surface area contributed by atoms with Crippen LogP contribution in [0.1, 0.15) is 30.5 Å². The second-order valence-electron chi connectivity index (χ2n) is 5.68. The number of hydrogen-bond donors (Lipinski definition) is 1. The number of ether oxygens (including phenoxy) is 3. The number of benzene rings is 2. The lowest BCUT2D eigenvalue weighted by Gasteiger charge is -2.18. The van der Waals surface area contributed by atoms with E-state index < -0.39 is 0 Å². The Bertz CT molecular complexity index is 780. The maximum Gasteiger partial charge on any atom is 0.260 e. The normalized spacial score (nSPS) is 10.3. The van der Waals surface area contributed by atoms with Gasteiger partial charge in [0, 0.05) is 0 Å². The van der Waals surface area contributed by atoms with Crippen LogP contribution in [0.5, 0.6) is 11.5 Å². The molecule has 140 valence electrons. The van der Waals surface area contributed by atoms with Crippen LogP contribution >= 0.6 is 28.1 Å². The van der Waals surface area contributed by atoms with E-state index in [1.165, 1.54) is 18.2 Å². The minimum Gasteiger partial charge on any atom is -0.493 e. The summed E-state index contributed by atoms with van der Waals surface area (Å²) in [5.41, 5.74) is 4.20. The van der Waals surface area contributed by atoms with Crippen LogP contribution in [0, 0.1) is 6.92 Å². The number of thiocarbonyl (C=S) groups is 1. The van der Waals surface area contributed by atoms with Gasteiger partial charge in [0.25, 0.3) is 5.17 Å². The fourth-order valence-corrected chi connectivity index (χ4v) is 3.24. The molecule has 0 aliphatic carbocycles. The van der Waals surface area contributed by atoms with E-state index >= 15 is 0 Å². The Morgan fingerprint density at radius 2 is 1.92 bits per heavy atom. The molecule has 0 spiro atoms. The van der Waals surface area contributed by atoms with Crippen LogP contribution in [0.2, 0.25) is 0 Å². The molecule has 26 heavy (non-hydrogen) atoms. The summed E-state index contributed by atoms with van der Waals surface area (Å²) in [6.07, 6.45) is 0.987. The third-order valence-corrected chi connectivity index (χ3v) is 4.89. The van der Waals surface area contributed by atoms with Gasteiger partial charge in [0.05, 0.1) is 29.4 Å². The molecule has 0 atom stereocenters. The Balaban J connectivity index is 2.30. The molecule has 6 heteroatoms. The van der Waals surface area contributed by atoms with Gasteiger partial charge in [-0.1, -0.05) is 13.0 Å². The third kappa shape index (κ3) is 5.11. The Morgan fingerprint density at radius 1 is 1.15 bits per heavy atom. The van der Waals surface area contributed by atoms with Crippen molar-refractivity contribution < 1.29 is 14.2 Å². The zero-order valence-electron chi connectivity index (χ0n) is 15.5. The zero-order chi connectivity index (χ0) is 19.1. The van der Waals surface area contributed by atoms with Crippen molar-refractivity contribution in [1.29, 1.82) is 0 Å². The highest BCUT2D eigenvalue weighted by atomic mass is 79.9. The molecule has 0 aliphatic rings. The molecule has 0 aromatic heterocycles. The number of methoxy groups -OCH3 is 1. The summed E-state index contributed by atoms with van der Waals surface area (Å²) in [4.78, 5) is 0. The fourth-order valence-electron chi connectivity index (χ4n) is 2.62.